The number of aliphatic hydroxyl groups excluding tert-OH is 1. The minimum Gasteiger partial charge on any atom is -0.494 e. The van der Waals surface area contributed by atoms with Gasteiger partial charge >= 0.3 is 0 Å². The monoisotopic (exact) mass is 264 g/mol. The largest absolute Gasteiger partial charge is 0.494 e. The molecule has 0 bridgehead atoms. The molecule has 4 heteroatoms. The molecule has 1 N–H and O–H groups in total. The molecule has 2 aromatic carbocycles. The fraction of sp³-hybridized carbons (Fsp3) is 0.200. The first-order valence-corrected chi connectivity index (χ1v) is 5.81. The fourth-order valence-electron chi connectivity index (χ4n) is 1.91. The Morgan fingerprint density at radius 1 is 1.16 bits per heavy atom. The lowest BCUT2D eigenvalue weighted by atomic mass is 9.99. The second kappa shape index (κ2) is 5.36. The van der Waals surface area contributed by atoms with E-state index in [0.717, 1.165) is 0 Å². The predicted octanol–water partition coefficient (Wildman–Crippen LogP) is 3.36. The van der Waals surface area contributed by atoms with Crippen LogP contribution in [0.3, 0.4) is 0 Å². The first kappa shape index (κ1) is 13.5. The number of benzene rings is 2. The average molecular weight is 264 g/mol. The van der Waals surface area contributed by atoms with Crippen molar-refractivity contribution in [3.05, 3.63) is 64.7 Å². The van der Waals surface area contributed by atoms with Crippen molar-refractivity contribution in [3.63, 3.8) is 0 Å². The SMILES string of the molecule is COc1cccc(C(O)c2ccc(F)c(C)c2)c1F. The zero-order chi connectivity index (χ0) is 14.0. The van der Waals surface area contributed by atoms with Gasteiger partial charge in [-0.2, -0.15) is 0 Å². The van der Waals surface area contributed by atoms with Crippen LogP contribution in [0.25, 0.3) is 0 Å². The highest BCUT2D eigenvalue weighted by Crippen LogP contribution is 2.29. The summed E-state index contributed by atoms with van der Waals surface area (Å²) in [6.45, 7) is 1.59. The maximum absolute atomic E-state index is 14.0. The molecule has 0 aliphatic rings. The van der Waals surface area contributed by atoms with E-state index >= 15 is 0 Å². The third-order valence-electron chi connectivity index (χ3n) is 3.01. The second-order valence-corrected chi connectivity index (χ2v) is 4.27. The van der Waals surface area contributed by atoms with Crippen molar-refractivity contribution in [1.82, 2.24) is 0 Å². The number of hydrogen-bond donors (Lipinski definition) is 1. The predicted molar refractivity (Wildman–Crippen MR) is 68.2 cm³/mol. The lowest BCUT2D eigenvalue weighted by Gasteiger charge is -2.14. The van der Waals surface area contributed by atoms with Crippen LogP contribution in [-0.4, -0.2) is 12.2 Å². The van der Waals surface area contributed by atoms with E-state index in [1.54, 1.807) is 13.0 Å². The molecule has 0 heterocycles. The van der Waals surface area contributed by atoms with E-state index < -0.39 is 11.9 Å². The summed E-state index contributed by atoms with van der Waals surface area (Å²) in [4.78, 5) is 0. The summed E-state index contributed by atoms with van der Waals surface area (Å²) in [5.41, 5.74) is 0.941. The van der Waals surface area contributed by atoms with E-state index in [1.807, 2.05) is 0 Å². The zero-order valence-corrected chi connectivity index (χ0v) is 10.7. The molecular weight excluding hydrogens is 250 g/mol. The van der Waals surface area contributed by atoms with Gasteiger partial charge in [0.05, 0.1) is 7.11 Å². The van der Waals surface area contributed by atoms with Crippen molar-refractivity contribution >= 4 is 0 Å². The van der Waals surface area contributed by atoms with Crippen LogP contribution in [0.1, 0.15) is 22.8 Å². The number of halogens is 2. The quantitative estimate of drug-likeness (QED) is 0.921. The molecule has 2 nitrogen and oxygen atoms in total. The van der Waals surface area contributed by atoms with E-state index in [4.69, 9.17) is 4.74 Å². The molecule has 0 saturated carbocycles. The van der Waals surface area contributed by atoms with Crippen molar-refractivity contribution in [2.75, 3.05) is 7.11 Å². The van der Waals surface area contributed by atoms with Gasteiger partial charge in [-0.25, -0.2) is 8.78 Å². The first-order chi connectivity index (χ1) is 9.04. The first-order valence-electron chi connectivity index (χ1n) is 5.81. The van der Waals surface area contributed by atoms with Crippen LogP contribution in [-0.2, 0) is 0 Å². The number of rotatable bonds is 3. The molecule has 2 aromatic rings. The highest BCUT2D eigenvalue weighted by molar-refractivity contribution is 5.38. The van der Waals surface area contributed by atoms with Gasteiger partial charge in [0.2, 0.25) is 0 Å². The maximum atomic E-state index is 14.0. The number of aliphatic hydroxyl groups is 1. The van der Waals surface area contributed by atoms with E-state index in [0.29, 0.717) is 11.1 Å². The van der Waals surface area contributed by atoms with Gasteiger partial charge < -0.3 is 9.84 Å². The van der Waals surface area contributed by atoms with E-state index in [2.05, 4.69) is 0 Å². The Hall–Kier alpha value is -1.94. The summed E-state index contributed by atoms with van der Waals surface area (Å²) in [6.07, 6.45) is -1.16. The number of aryl methyl sites for hydroxylation is 1. The molecule has 0 radical (unpaired) electrons. The maximum Gasteiger partial charge on any atom is 0.171 e. The fourth-order valence-corrected chi connectivity index (χ4v) is 1.91. The van der Waals surface area contributed by atoms with Gasteiger partial charge in [0.25, 0.3) is 0 Å². The van der Waals surface area contributed by atoms with Crippen molar-refractivity contribution in [2.24, 2.45) is 0 Å². The topological polar surface area (TPSA) is 29.5 Å². The third-order valence-corrected chi connectivity index (χ3v) is 3.01. The van der Waals surface area contributed by atoms with Gasteiger partial charge in [-0.1, -0.05) is 24.3 Å². The minimum absolute atomic E-state index is 0.0652. The van der Waals surface area contributed by atoms with E-state index in [9.17, 15) is 13.9 Å². The highest BCUT2D eigenvalue weighted by atomic mass is 19.1. The second-order valence-electron chi connectivity index (χ2n) is 4.27. The molecule has 1 unspecified atom stereocenters. The number of ether oxygens (including phenoxy) is 1. The van der Waals surface area contributed by atoms with Gasteiger partial charge in [-0.15, -0.1) is 0 Å². The van der Waals surface area contributed by atoms with Crippen molar-refractivity contribution in [1.29, 1.82) is 0 Å². The van der Waals surface area contributed by atoms with Gasteiger partial charge in [0.15, 0.2) is 11.6 Å². The Morgan fingerprint density at radius 2 is 1.89 bits per heavy atom. The Bertz CT molecular complexity index is 597. The van der Waals surface area contributed by atoms with Gasteiger partial charge in [0.1, 0.15) is 11.9 Å². The third kappa shape index (κ3) is 2.58. The van der Waals surface area contributed by atoms with Crippen molar-refractivity contribution in [3.8, 4) is 5.75 Å². The van der Waals surface area contributed by atoms with Crippen LogP contribution in [0.2, 0.25) is 0 Å². The molecule has 0 spiro atoms. The molecule has 1 atom stereocenters. The normalized spacial score (nSPS) is 12.3. The molecule has 2 rings (SSSR count). The molecule has 0 aliphatic carbocycles. The lowest BCUT2D eigenvalue weighted by molar-refractivity contribution is 0.213. The molecule has 0 aromatic heterocycles. The zero-order valence-electron chi connectivity index (χ0n) is 10.7. The van der Waals surface area contributed by atoms with Crippen LogP contribution < -0.4 is 4.74 Å². The summed E-state index contributed by atoms with van der Waals surface area (Å²) in [5.74, 6) is -0.906. The van der Waals surface area contributed by atoms with E-state index in [-0.39, 0.29) is 17.1 Å². The average Bonchev–Trinajstić information content (AvgIpc) is 2.41. The summed E-state index contributed by atoms with van der Waals surface area (Å²) in [7, 11) is 1.36. The summed E-state index contributed by atoms with van der Waals surface area (Å²) < 4.78 is 32.1. The van der Waals surface area contributed by atoms with Crippen LogP contribution in [0.4, 0.5) is 8.78 Å². The smallest absolute Gasteiger partial charge is 0.171 e. The molecule has 0 aliphatic heterocycles. The molecule has 19 heavy (non-hydrogen) atoms. The lowest BCUT2D eigenvalue weighted by Crippen LogP contribution is -2.04. The summed E-state index contributed by atoms with van der Waals surface area (Å²) in [5, 5.41) is 10.2. The molecule has 0 amide bonds. The van der Waals surface area contributed by atoms with Crippen molar-refractivity contribution in [2.45, 2.75) is 13.0 Å². The molecule has 100 valence electrons. The Kier molecular flexibility index (Phi) is 3.81. The van der Waals surface area contributed by atoms with Crippen LogP contribution in [0, 0.1) is 18.6 Å². The van der Waals surface area contributed by atoms with Crippen molar-refractivity contribution < 1.29 is 18.6 Å². The Balaban J connectivity index is 2.43. The number of methoxy groups -OCH3 is 1. The summed E-state index contributed by atoms with van der Waals surface area (Å²) >= 11 is 0. The van der Waals surface area contributed by atoms with Crippen LogP contribution >= 0.6 is 0 Å². The molecule has 0 fully saturated rings. The molecular formula is C15H14F2O2. The highest BCUT2D eigenvalue weighted by Gasteiger charge is 2.18. The standard InChI is InChI=1S/C15H14F2O2/c1-9-8-10(6-7-12(9)16)15(18)11-4-3-5-13(19-2)14(11)17/h3-8,15,18H,1-2H3. The Labute approximate surface area is 110 Å². The van der Waals surface area contributed by atoms with Crippen LogP contribution in [0.5, 0.6) is 5.75 Å². The van der Waals surface area contributed by atoms with E-state index in [1.165, 1.54) is 37.4 Å². The van der Waals surface area contributed by atoms with Gasteiger partial charge in [0, 0.05) is 5.56 Å². The minimum atomic E-state index is -1.16. The summed E-state index contributed by atoms with van der Waals surface area (Å²) in [6, 6.07) is 8.73. The molecule has 0 saturated heterocycles. The Morgan fingerprint density at radius 3 is 2.53 bits per heavy atom. The van der Waals surface area contributed by atoms with Crippen LogP contribution in [0.15, 0.2) is 36.4 Å². The number of hydrogen-bond acceptors (Lipinski definition) is 2. The van der Waals surface area contributed by atoms with Gasteiger partial charge in [-0.3, -0.25) is 0 Å². The van der Waals surface area contributed by atoms with Gasteiger partial charge in [-0.05, 0) is 30.2 Å².